The van der Waals surface area contributed by atoms with E-state index >= 15 is 0 Å². The minimum Gasteiger partial charge on any atom is -0.852 e. The van der Waals surface area contributed by atoms with Crippen molar-refractivity contribution in [2.75, 3.05) is 0 Å². The molecule has 16 heavy (non-hydrogen) atoms. The fourth-order valence-electron chi connectivity index (χ4n) is 0.239. The van der Waals surface area contributed by atoms with Gasteiger partial charge in [-0.25, -0.2) is 0 Å². The van der Waals surface area contributed by atoms with Gasteiger partial charge in [0.15, 0.2) is 0 Å². The van der Waals surface area contributed by atoms with Gasteiger partial charge in [0.25, 0.3) is 0 Å². The summed E-state index contributed by atoms with van der Waals surface area (Å²) in [5.74, 6) is -0.644. The normalized spacial score (nSPS) is 8.69. The van der Waals surface area contributed by atoms with E-state index in [2.05, 4.69) is 3.32 Å². The molecule has 0 amide bonds. The van der Waals surface area contributed by atoms with Crippen molar-refractivity contribution >= 4 is 11.8 Å². The summed E-state index contributed by atoms with van der Waals surface area (Å²) in [5, 5.41) is 19.1. The smallest absolute Gasteiger partial charge is 0.0783 e. The average Bonchev–Trinajstić information content (AvgIpc) is 2.00. The molecule has 0 atom stereocenters. The van der Waals surface area contributed by atoms with Gasteiger partial charge in [-0.05, 0) is 0 Å². The van der Waals surface area contributed by atoms with Gasteiger partial charge in [0, 0.05) is 0 Å². The Morgan fingerprint density at radius 1 is 1.12 bits per heavy atom. The topological polar surface area (TPSA) is 89.5 Å². The summed E-state index contributed by atoms with van der Waals surface area (Å²) in [5.41, 5.74) is 0. The standard InChI is InChI=1S/C4H6O3.2C3H7O.Ti/c1-3(5)2-4(6)7;2*1-3(2)4;/h2H2,1H3,(H,6,7);2*3H,1-2H3;/q;2*-1;+3/p-1. The van der Waals surface area contributed by atoms with Crippen LogP contribution in [-0.4, -0.2) is 24.0 Å². The number of carbonyl (C=O) groups is 2. The molecule has 0 aromatic carbocycles. The van der Waals surface area contributed by atoms with Crippen LogP contribution in [0.4, 0.5) is 0 Å². The van der Waals surface area contributed by atoms with Crippen molar-refractivity contribution in [3.05, 3.63) is 0 Å². The first kappa shape index (κ1) is 21.1. The third kappa shape index (κ3) is 67.4. The van der Waals surface area contributed by atoms with Crippen molar-refractivity contribution in [2.45, 2.75) is 53.2 Å². The third-order valence-electron chi connectivity index (χ3n) is 0.507. The maximum absolute atomic E-state index is 10.2. The molecular weight excluding hydrogens is 248 g/mol. The zero-order chi connectivity index (χ0) is 13.7. The van der Waals surface area contributed by atoms with Gasteiger partial charge in [0.2, 0.25) is 0 Å². The van der Waals surface area contributed by atoms with Crippen LogP contribution in [0.15, 0.2) is 0 Å². The largest absolute Gasteiger partial charge is 0.852 e. The second-order valence-corrected chi connectivity index (χ2v) is 3.77. The van der Waals surface area contributed by atoms with Crippen LogP contribution in [0.25, 0.3) is 0 Å². The van der Waals surface area contributed by atoms with E-state index in [1.165, 1.54) is 27.7 Å². The Morgan fingerprint density at radius 2 is 1.38 bits per heavy atom. The average molecular weight is 267 g/mol. The number of hydrogen-bond donors (Lipinski definition) is 0. The molecule has 0 heterocycles. The summed E-state index contributed by atoms with van der Waals surface area (Å²) in [6, 6.07) is 0. The van der Waals surface area contributed by atoms with Crippen molar-refractivity contribution in [3.63, 3.8) is 0 Å². The molecule has 5 nitrogen and oxygen atoms in total. The molecule has 0 fully saturated rings. The van der Waals surface area contributed by atoms with Crippen molar-refractivity contribution in [1.29, 1.82) is 0 Å². The molecule has 0 N–H and O–H groups in total. The molecule has 0 saturated heterocycles. The Hall–Kier alpha value is -0.226. The summed E-state index contributed by atoms with van der Waals surface area (Å²) in [7, 11) is 0. The first-order valence-corrected chi connectivity index (χ1v) is 5.44. The van der Waals surface area contributed by atoms with Gasteiger partial charge in [-0.3, -0.25) is 0 Å². The molecule has 6 heteroatoms. The second-order valence-electron chi connectivity index (χ2n) is 3.45. The Morgan fingerprint density at radius 3 is 1.44 bits per heavy atom. The Bertz CT molecular complexity index is 169. The third-order valence-corrected chi connectivity index (χ3v) is 0.863. The first-order valence-electron chi connectivity index (χ1n) is 4.80. The number of hydrogen-bond acceptors (Lipinski definition) is 5. The maximum atomic E-state index is 10.2. The van der Waals surface area contributed by atoms with Gasteiger partial charge in [0.1, 0.15) is 0 Å². The zero-order valence-electron chi connectivity index (χ0n) is 10.4. The number of carbonyl (C=O) groups excluding carboxylic acids is 2. The first-order chi connectivity index (χ1) is 7.13. The van der Waals surface area contributed by atoms with Crippen LogP contribution in [0.2, 0.25) is 0 Å². The van der Waals surface area contributed by atoms with E-state index in [1.54, 1.807) is 27.7 Å². The molecule has 0 aromatic rings. The molecule has 0 aliphatic heterocycles. The monoisotopic (exact) mass is 267 g/mol. The minimum atomic E-state index is -0.475. The van der Waals surface area contributed by atoms with Crippen LogP contribution in [-0.2, 0) is 33.7 Å². The van der Waals surface area contributed by atoms with E-state index in [0.29, 0.717) is 0 Å². The van der Waals surface area contributed by atoms with Crippen LogP contribution >= 0.6 is 0 Å². The molecule has 0 radical (unpaired) electrons. The molecule has 0 aliphatic rings. The molecule has 0 bridgehead atoms. The summed E-state index contributed by atoms with van der Waals surface area (Å²) in [6.45, 7) is 7.79. The van der Waals surface area contributed by atoms with E-state index in [4.69, 9.17) is 0 Å². The van der Waals surface area contributed by atoms with Crippen LogP contribution < -0.4 is 10.2 Å². The summed E-state index contributed by atoms with van der Waals surface area (Å²) < 4.78 is 4.20. The molecule has 0 unspecified atom stereocenters. The van der Waals surface area contributed by atoms with Gasteiger partial charge in [-0.1, -0.05) is 27.7 Å². The van der Waals surface area contributed by atoms with Crippen LogP contribution in [0.5, 0.6) is 0 Å². The van der Waals surface area contributed by atoms with Crippen LogP contribution in [0, 0.1) is 0 Å². The van der Waals surface area contributed by atoms with Crippen molar-refractivity contribution < 1.29 is 43.9 Å². The molecular formula is C10H19O5Ti. The summed E-state index contributed by atoms with van der Waals surface area (Å²) in [6.07, 6.45) is -0.948. The van der Waals surface area contributed by atoms with Gasteiger partial charge in [-0.2, -0.15) is 0 Å². The maximum Gasteiger partial charge on any atom is -0.0783 e. The van der Waals surface area contributed by atoms with Gasteiger partial charge in [-0.15, -0.1) is 12.2 Å². The van der Waals surface area contributed by atoms with Crippen molar-refractivity contribution in [1.82, 2.24) is 0 Å². The van der Waals surface area contributed by atoms with Crippen LogP contribution in [0.3, 0.4) is 0 Å². The fourth-order valence-corrected chi connectivity index (χ4v) is 0.352. The minimum absolute atomic E-state index is 0.115. The van der Waals surface area contributed by atoms with E-state index in [9.17, 15) is 19.8 Å². The SMILES string of the molecule is CC(=O)CC(=O)[O][Ti+2].CC(C)[O-].CC(C)[O-]. The number of rotatable bonds is 2. The number of Topliss-reactive ketones (excluding diaryl/α,β-unsaturated/α-hetero) is 1. The molecule has 0 rings (SSSR count). The van der Waals surface area contributed by atoms with E-state index in [-0.39, 0.29) is 12.2 Å². The number of ketones is 1. The summed E-state index contributed by atoms with van der Waals surface area (Å²) in [4.78, 5) is 20.3. The van der Waals surface area contributed by atoms with Crippen molar-refractivity contribution in [3.8, 4) is 0 Å². The molecule has 0 saturated carbocycles. The molecule has 0 aliphatic carbocycles. The Balaban J connectivity index is -0.000000179. The quantitative estimate of drug-likeness (QED) is 0.496. The fraction of sp³-hybridized carbons (Fsp3) is 0.800. The van der Waals surface area contributed by atoms with Gasteiger partial charge >= 0.3 is 58.8 Å². The van der Waals surface area contributed by atoms with E-state index in [1.807, 2.05) is 0 Å². The zero-order valence-corrected chi connectivity index (χ0v) is 12.0. The van der Waals surface area contributed by atoms with E-state index < -0.39 is 18.2 Å². The molecule has 0 aromatic heterocycles. The Labute approximate surface area is 109 Å². The van der Waals surface area contributed by atoms with Crippen molar-refractivity contribution in [2.24, 2.45) is 0 Å². The molecule has 93 valence electrons. The molecule has 0 spiro atoms. The predicted molar refractivity (Wildman–Crippen MR) is 51.7 cm³/mol. The second kappa shape index (κ2) is 14.8. The van der Waals surface area contributed by atoms with E-state index in [0.717, 1.165) is 0 Å². The van der Waals surface area contributed by atoms with Gasteiger partial charge < -0.3 is 10.2 Å². The Kier molecular flexibility index (Phi) is 19.5. The predicted octanol–water partition coefficient (Wildman–Crippen LogP) is -0.519. The van der Waals surface area contributed by atoms with Gasteiger partial charge in [0.05, 0.1) is 0 Å². The van der Waals surface area contributed by atoms with Crippen LogP contribution in [0.1, 0.15) is 41.0 Å². The summed E-state index contributed by atoms with van der Waals surface area (Å²) >= 11 is 1.26.